The van der Waals surface area contributed by atoms with Gasteiger partial charge in [-0.25, -0.2) is 8.42 Å². The number of fused-ring (bicyclic) bond motifs is 3. The maximum Gasteiger partial charge on any atom is 0.231 e. The van der Waals surface area contributed by atoms with Gasteiger partial charge in [0.15, 0.2) is 9.84 Å². The van der Waals surface area contributed by atoms with Gasteiger partial charge in [-0.15, -0.1) is 0 Å². The Kier molecular flexibility index (Phi) is 3.57. The molecule has 0 spiro atoms. The molecule has 3 rings (SSSR count). The largest absolute Gasteiger partial charge is 0.483 e. The zero-order valence-corrected chi connectivity index (χ0v) is 14.3. The third kappa shape index (κ3) is 2.88. The predicted molar refractivity (Wildman–Crippen MR) is 86.2 cm³/mol. The normalized spacial score (nSPS) is 23.1. The summed E-state index contributed by atoms with van der Waals surface area (Å²) in [7, 11) is -3.30. The average Bonchev–Trinajstić information content (AvgIpc) is 2.81. The highest BCUT2D eigenvalue weighted by atomic mass is 32.2. The fourth-order valence-corrected chi connectivity index (χ4v) is 3.92. The number of primary amides is 1. The molecule has 1 atom stereocenters. The van der Waals surface area contributed by atoms with Gasteiger partial charge in [0.2, 0.25) is 5.91 Å². The summed E-state index contributed by atoms with van der Waals surface area (Å²) in [5, 5.41) is 0. The van der Waals surface area contributed by atoms with Gasteiger partial charge in [0, 0.05) is 12.8 Å². The Morgan fingerprint density at radius 1 is 1.43 bits per heavy atom. The van der Waals surface area contributed by atoms with Crippen molar-refractivity contribution in [3.05, 3.63) is 18.2 Å². The summed E-state index contributed by atoms with van der Waals surface area (Å²) in [6.45, 7) is 5.31. The Balaban J connectivity index is 2.02. The molecule has 0 aromatic heterocycles. The van der Waals surface area contributed by atoms with E-state index in [4.69, 9.17) is 10.5 Å². The molecule has 1 aromatic rings. The first kappa shape index (κ1) is 16.1. The van der Waals surface area contributed by atoms with Crippen molar-refractivity contribution < 1.29 is 17.9 Å². The second-order valence-electron chi connectivity index (χ2n) is 6.71. The van der Waals surface area contributed by atoms with E-state index in [0.29, 0.717) is 19.0 Å². The molecular weight excluding hydrogens is 318 g/mol. The van der Waals surface area contributed by atoms with Crippen LogP contribution in [-0.4, -0.2) is 56.9 Å². The number of ether oxygens (including phenoxy) is 1. The molecule has 1 aromatic carbocycles. The van der Waals surface area contributed by atoms with Crippen molar-refractivity contribution in [3.63, 3.8) is 0 Å². The maximum absolute atomic E-state index is 11.8. The van der Waals surface area contributed by atoms with Crippen molar-refractivity contribution in [3.8, 4) is 5.75 Å². The van der Waals surface area contributed by atoms with Crippen LogP contribution in [0, 0.1) is 0 Å². The van der Waals surface area contributed by atoms with Crippen LogP contribution in [0.1, 0.15) is 13.8 Å². The van der Waals surface area contributed by atoms with Gasteiger partial charge in [0.1, 0.15) is 11.4 Å². The summed E-state index contributed by atoms with van der Waals surface area (Å²) in [4.78, 5) is 15.5. The molecule has 1 fully saturated rings. The summed E-state index contributed by atoms with van der Waals surface area (Å²) in [6, 6.07) is 4.91. The molecule has 0 aliphatic carbocycles. The van der Waals surface area contributed by atoms with Crippen LogP contribution in [0.15, 0.2) is 23.1 Å². The van der Waals surface area contributed by atoms with E-state index in [9.17, 15) is 13.2 Å². The molecule has 0 saturated carbocycles. The third-order valence-corrected chi connectivity index (χ3v) is 5.49. The number of amides is 1. The molecule has 23 heavy (non-hydrogen) atoms. The number of carbonyl (C=O) groups is 1. The van der Waals surface area contributed by atoms with E-state index in [-0.39, 0.29) is 23.4 Å². The Labute approximate surface area is 135 Å². The van der Waals surface area contributed by atoms with Gasteiger partial charge in [-0.1, -0.05) is 0 Å². The second-order valence-corrected chi connectivity index (χ2v) is 8.73. The lowest BCUT2D eigenvalue weighted by atomic mass is 9.95. The van der Waals surface area contributed by atoms with Crippen molar-refractivity contribution in [2.24, 2.45) is 5.73 Å². The number of hydrogen-bond donors (Lipinski definition) is 1. The number of nitrogens with two attached hydrogens (primary N) is 1. The van der Waals surface area contributed by atoms with Crippen LogP contribution < -0.4 is 15.4 Å². The molecule has 2 aliphatic rings. The van der Waals surface area contributed by atoms with Gasteiger partial charge in [0.05, 0.1) is 29.8 Å². The molecule has 8 heteroatoms. The minimum atomic E-state index is -3.30. The monoisotopic (exact) mass is 339 g/mol. The van der Waals surface area contributed by atoms with Gasteiger partial charge in [-0.05, 0) is 32.0 Å². The van der Waals surface area contributed by atoms with Crippen molar-refractivity contribution in [2.75, 3.05) is 30.9 Å². The van der Waals surface area contributed by atoms with Crippen LogP contribution in [0.25, 0.3) is 0 Å². The number of sulfone groups is 1. The average molecular weight is 339 g/mol. The highest BCUT2D eigenvalue weighted by Crippen LogP contribution is 2.43. The van der Waals surface area contributed by atoms with E-state index in [1.165, 1.54) is 6.26 Å². The Bertz CT molecular complexity index is 760. The molecule has 0 bridgehead atoms. The van der Waals surface area contributed by atoms with Crippen LogP contribution in [0.4, 0.5) is 5.69 Å². The Morgan fingerprint density at radius 3 is 2.74 bits per heavy atom. The van der Waals surface area contributed by atoms with Crippen LogP contribution in [-0.2, 0) is 14.6 Å². The lowest BCUT2D eigenvalue weighted by molar-refractivity contribution is -0.118. The summed E-state index contributed by atoms with van der Waals surface area (Å²) in [5.41, 5.74) is 5.58. The topological polar surface area (TPSA) is 92.9 Å². The smallest absolute Gasteiger partial charge is 0.231 e. The molecule has 2 heterocycles. The van der Waals surface area contributed by atoms with E-state index < -0.39 is 15.4 Å². The lowest BCUT2D eigenvalue weighted by Gasteiger charge is -2.44. The first-order chi connectivity index (χ1) is 10.6. The number of carbonyl (C=O) groups excluding carboxylic acids is 1. The minimum Gasteiger partial charge on any atom is -0.483 e. The number of benzene rings is 1. The van der Waals surface area contributed by atoms with Crippen LogP contribution >= 0.6 is 0 Å². The highest BCUT2D eigenvalue weighted by molar-refractivity contribution is 7.90. The molecule has 1 amide bonds. The van der Waals surface area contributed by atoms with E-state index >= 15 is 0 Å². The molecule has 126 valence electrons. The molecule has 0 radical (unpaired) electrons. The zero-order chi connectivity index (χ0) is 17.0. The quantitative estimate of drug-likeness (QED) is 0.845. The van der Waals surface area contributed by atoms with E-state index in [1.807, 2.05) is 18.7 Å². The van der Waals surface area contributed by atoms with E-state index in [0.717, 1.165) is 5.69 Å². The summed E-state index contributed by atoms with van der Waals surface area (Å²) in [5.74, 6) is 0.272. The Hall–Kier alpha value is -1.80. The summed E-state index contributed by atoms with van der Waals surface area (Å²) >= 11 is 0. The van der Waals surface area contributed by atoms with Crippen molar-refractivity contribution in [1.29, 1.82) is 0 Å². The molecular formula is C15H21N3O4S. The zero-order valence-electron chi connectivity index (χ0n) is 13.4. The fraction of sp³-hybridized carbons (Fsp3) is 0.533. The fourth-order valence-electron chi connectivity index (χ4n) is 3.28. The van der Waals surface area contributed by atoms with E-state index in [1.54, 1.807) is 18.2 Å². The standard InChI is InChI=1S/C15H21N3O4S/c1-15(2)13-7-17(8-14(16)19)9-18(13)11-6-10(23(3,20)21)4-5-12(11)22-15/h4-6,13H,7-9H2,1-3H3,(H2,16,19). The van der Waals surface area contributed by atoms with Gasteiger partial charge >= 0.3 is 0 Å². The van der Waals surface area contributed by atoms with Crippen molar-refractivity contribution >= 4 is 21.4 Å². The number of anilines is 1. The SMILES string of the molecule is CC1(C)Oc2ccc(S(C)(=O)=O)cc2N2CN(CC(N)=O)CC21. The van der Waals surface area contributed by atoms with Crippen LogP contribution in [0.2, 0.25) is 0 Å². The highest BCUT2D eigenvalue weighted by Gasteiger charge is 2.47. The van der Waals surface area contributed by atoms with E-state index in [2.05, 4.69) is 4.90 Å². The summed E-state index contributed by atoms with van der Waals surface area (Å²) in [6.07, 6.45) is 1.18. The minimum absolute atomic E-state index is 0.0177. The Morgan fingerprint density at radius 2 is 2.13 bits per heavy atom. The van der Waals surface area contributed by atoms with Crippen LogP contribution in [0.3, 0.4) is 0 Å². The molecule has 2 N–H and O–H groups in total. The molecule has 7 nitrogen and oxygen atoms in total. The van der Waals surface area contributed by atoms with Gasteiger partial charge in [-0.2, -0.15) is 0 Å². The number of rotatable bonds is 3. The van der Waals surface area contributed by atoms with Crippen LogP contribution in [0.5, 0.6) is 5.75 Å². The molecule has 1 unspecified atom stereocenters. The van der Waals surface area contributed by atoms with Crippen molar-refractivity contribution in [1.82, 2.24) is 4.90 Å². The molecule has 2 aliphatic heterocycles. The summed E-state index contributed by atoms with van der Waals surface area (Å²) < 4.78 is 29.7. The maximum atomic E-state index is 11.8. The first-order valence-corrected chi connectivity index (χ1v) is 9.27. The second kappa shape index (κ2) is 5.10. The molecule has 1 saturated heterocycles. The van der Waals surface area contributed by atoms with Gasteiger partial charge in [0.25, 0.3) is 0 Å². The number of nitrogens with zero attached hydrogens (tertiary/aromatic N) is 2. The third-order valence-electron chi connectivity index (χ3n) is 4.38. The van der Waals surface area contributed by atoms with Gasteiger partial charge in [-0.3, -0.25) is 9.69 Å². The number of hydrogen-bond acceptors (Lipinski definition) is 6. The van der Waals surface area contributed by atoms with Crippen molar-refractivity contribution in [2.45, 2.75) is 30.4 Å². The lowest BCUT2D eigenvalue weighted by Crippen LogP contribution is -2.54. The first-order valence-electron chi connectivity index (χ1n) is 7.38. The predicted octanol–water partition coefficient (Wildman–Crippen LogP) is 0.195. The van der Waals surface area contributed by atoms with Gasteiger partial charge < -0.3 is 15.4 Å².